The van der Waals surface area contributed by atoms with Gasteiger partial charge in [-0.1, -0.05) is 61.5 Å². The van der Waals surface area contributed by atoms with E-state index in [1.165, 1.54) is 16.7 Å². The highest BCUT2D eigenvalue weighted by Crippen LogP contribution is 2.34. The van der Waals surface area contributed by atoms with Gasteiger partial charge >= 0.3 is 6.03 Å². The van der Waals surface area contributed by atoms with Crippen molar-refractivity contribution in [1.29, 1.82) is 0 Å². The molecular weight excluding hydrogens is 608 g/mol. The first-order chi connectivity index (χ1) is 23.2. The molecule has 2 aliphatic heterocycles. The van der Waals surface area contributed by atoms with Crippen LogP contribution in [0.1, 0.15) is 25.0 Å². The molecule has 0 radical (unpaired) electrons. The monoisotopic (exact) mass is 650 g/mol. The van der Waals surface area contributed by atoms with Crippen LogP contribution in [0.4, 0.5) is 16.2 Å². The predicted molar refractivity (Wildman–Crippen MR) is 185 cm³/mol. The van der Waals surface area contributed by atoms with Gasteiger partial charge in [0.05, 0.1) is 19.1 Å². The van der Waals surface area contributed by atoms with Crippen LogP contribution in [0.3, 0.4) is 0 Å². The predicted octanol–water partition coefficient (Wildman–Crippen LogP) is 6.01. The molecule has 0 saturated heterocycles. The number of fused-ring (bicyclic) bond motifs is 2. The standard InChI is InChI=1S/C38H42N4O6/c1-25-20-42(26(2)23-43)37(44)18-30-17-31(39-38(45)40-32-14-16-34-35(19-32)47-24-46-34)13-15-33(30)48-36(25)22-41(3)21-27-9-11-29(12-10-27)28-7-5-4-6-8-28/h4-17,19,25-26,36,43H,18,20-24H2,1-3H3,(H2,39,40,45)/t25-,26+,36-/m0/s1. The quantitative estimate of drug-likeness (QED) is 0.204. The van der Waals surface area contributed by atoms with Crippen LogP contribution in [0.5, 0.6) is 17.2 Å². The molecule has 3 atom stereocenters. The van der Waals surface area contributed by atoms with Crippen molar-refractivity contribution >= 4 is 23.3 Å². The molecule has 4 aromatic carbocycles. The molecule has 0 saturated carbocycles. The lowest BCUT2D eigenvalue weighted by atomic mass is 10.0. The normalized spacial score (nSPS) is 17.9. The molecule has 2 heterocycles. The van der Waals surface area contributed by atoms with E-state index in [1.807, 2.05) is 31.2 Å². The molecule has 0 spiro atoms. The van der Waals surface area contributed by atoms with E-state index in [-0.39, 0.29) is 43.8 Å². The summed E-state index contributed by atoms with van der Waals surface area (Å²) in [6.07, 6.45) is -0.174. The molecular formula is C38H42N4O6. The van der Waals surface area contributed by atoms with Crippen molar-refractivity contribution in [2.75, 3.05) is 44.2 Å². The fraction of sp³-hybridized carbons (Fsp3) is 0.316. The highest BCUT2D eigenvalue weighted by molar-refractivity contribution is 6.00. The van der Waals surface area contributed by atoms with Gasteiger partial charge in [0.2, 0.25) is 12.7 Å². The number of nitrogens with zero attached hydrogens (tertiary/aromatic N) is 2. The zero-order valence-electron chi connectivity index (χ0n) is 27.5. The summed E-state index contributed by atoms with van der Waals surface area (Å²) in [6.45, 7) is 5.73. The molecule has 10 nitrogen and oxygen atoms in total. The first-order valence-electron chi connectivity index (χ1n) is 16.3. The highest BCUT2D eigenvalue weighted by Gasteiger charge is 2.31. The molecule has 0 bridgehead atoms. The molecule has 4 aromatic rings. The summed E-state index contributed by atoms with van der Waals surface area (Å²) in [5.41, 5.74) is 5.28. The number of aliphatic hydroxyl groups excluding tert-OH is 1. The fourth-order valence-electron chi connectivity index (χ4n) is 6.11. The van der Waals surface area contributed by atoms with Gasteiger partial charge in [-0.2, -0.15) is 0 Å². The molecule has 3 amide bonds. The van der Waals surface area contributed by atoms with Gasteiger partial charge in [0.25, 0.3) is 0 Å². The number of urea groups is 1. The maximum Gasteiger partial charge on any atom is 0.323 e. The second-order valence-corrected chi connectivity index (χ2v) is 12.6. The maximum atomic E-state index is 13.6. The number of carbonyl (C=O) groups excluding carboxylic acids is 2. The van der Waals surface area contributed by atoms with Crippen molar-refractivity contribution in [2.45, 2.75) is 39.0 Å². The third-order valence-electron chi connectivity index (χ3n) is 8.81. The molecule has 3 N–H and O–H groups in total. The molecule has 10 heteroatoms. The van der Waals surface area contributed by atoms with E-state index in [4.69, 9.17) is 14.2 Å². The molecule has 0 unspecified atom stereocenters. The number of rotatable bonds is 9. The Labute approximate surface area is 281 Å². The summed E-state index contributed by atoms with van der Waals surface area (Å²) in [5, 5.41) is 15.7. The first-order valence-corrected chi connectivity index (χ1v) is 16.3. The number of anilines is 2. The van der Waals surface area contributed by atoms with Crippen molar-refractivity contribution in [1.82, 2.24) is 9.80 Å². The van der Waals surface area contributed by atoms with Gasteiger partial charge in [0.1, 0.15) is 11.9 Å². The van der Waals surface area contributed by atoms with Crippen molar-refractivity contribution in [3.63, 3.8) is 0 Å². The van der Waals surface area contributed by atoms with E-state index in [0.717, 1.165) is 6.54 Å². The van der Waals surface area contributed by atoms with Gasteiger partial charge in [-0.05, 0) is 61.0 Å². The Morgan fingerprint density at radius 2 is 1.58 bits per heavy atom. The van der Waals surface area contributed by atoms with Crippen LogP contribution < -0.4 is 24.8 Å². The molecule has 0 aromatic heterocycles. The summed E-state index contributed by atoms with van der Waals surface area (Å²) in [5.74, 6) is 1.66. The highest BCUT2D eigenvalue weighted by atomic mass is 16.7. The number of hydrogen-bond donors (Lipinski definition) is 3. The number of benzene rings is 4. The lowest BCUT2D eigenvalue weighted by Crippen LogP contribution is -2.47. The van der Waals surface area contributed by atoms with Crippen molar-refractivity contribution in [3.05, 3.63) is 102 Å². The smallest absolute Gasteiger partial charge is 0.323 e. The molecule has 0 fully saturated rings. The van der Waals surface area contributed by atoms with Crippen LogP contribution >= 0.6 is 0 Å². The third-order valence-corrected chi connectivity index (χ3v) is 8.81. The average Bonchev–Trinajstić information content (AvgIpc) is 3.57. The number of carbonyl (C=O) groups is 2. The Morgan fingerprint density at radius 3 is 2.31 bits per heavy atom. The Kier molecular flexibility index (Phi) is 10.1. The fourth-order valence-corrected chi connectivity index (χ4v) is 6.11. The van der Waals surface area contributed by atoms with E-state index in [2.05, 4.69) is 65.9 Å². The minimum Gasteiger partial charge on any atom is -0.488 e. The zero-order valence-corrected chi connectivity index (χ0v) is 27.5. The van der Waals surface area contributed by atoms with Crippen molar-refractivity contribution in [2.24, 2.45) is 5.92 Å². The van der Waals surface area contributed by atoms with Gasteiger partial charge in [0.15, 0.2) is 11.5 Å². The van der Waals surface area contributed by atoms with Crippen molar-refractivity contribution < 1.29 is 28.9 Å². The van der Waals surface area contributed by atoms with Crippen molar-refractivity contribution in [3.8, 4) is 28.4 Å². The van der Waals surface area contributed by atoms with Crippen LogP contribution in [-0.4, -0.2) is 72.5 Å². The lowest BCUT2D eigenvalue weighted by Gasteiger charge is -2.34. The van der Waals surface area contributed by atoms with Gasteiger partial charge < -0.3 is 34.9 Å². The second kappa shape index (κ2) is 14.8. The molecule has 2 aliphatic rings. The van der Waals surface area contributed by atoms with Crippen LogP contribution in [0, 0.1) is 5.92 Å². The Bertz CT molecular complexity index is 1730. The van der Waals surface area contributed by atoms with Crippen LogP contribution in [0.15, 0.2) is 91.0 Å². The summed E-state index contributed by atoms with van der Waals surface area (Å²) in [6, 6.07) is 28.7. The van der Waals surface area contributed by atoms with Gasteiger partial charge in [-0.3, -0.25) is 9.69 Å². The maximum absolute atomic E-state index is 13.6. The van der Waals surface area contributed by atoms with E-state index in [0.29, 0.717) is 47.3 Å². The summed E-state index contributed by atoms with van der Waals surface area (Å²) in [4.78, 5) is 30.5. The zero-order chi connectivity index (χ0) is 33.6. The van der Waals surface area contributed by atoms with E-state index in [1.54, 1.807) is 35.2 Å². The number of aliphatic hydroxyl groups is 1. The van der Waals surface area contributed by atoms with E-state index >= 15 is 0 Å². The molecule has 0 aliphatic carbocycles. The Morgan fingerprint density at radius 1 is 0.917 bits per heavy atom. The van der Waals surface area contributed by atoms with Gasteiger partial charge in [-0.25, -0.2) is 4.79 Å². The summed E-state index contributed by atoms with van der Waals surface area (Å²) >= 11 is 0. The summed E-state index contributed by atoms with van der Waals surface area (Å²) in [7, 11) is 2.07. The number of ether oxygens (including phenoxy) is 3. The third kappa shape index (κ3) is 7.90. The molecule has 250 valence electrons. The number of hydrogen-bond acceptors (Lipinski definition) is 7. The topological polar surface area (TPSA) is 113 Å². The van der Waals surface area contributed by atoms with Gasteiger partial charge in [-0.15, -0.1) is 0 Å². The summed E-state index contributed by atoms with van der Waals surface area (Å²) < 4.78 is 17.4. The largest absolute Gasteiger partial charge is 0.488 e. The minimum absolute atomic E-state index is 0.0258. The average molecular weight is 651 g/mol. The second-order valence-electron chi connectivity index (χ2n) is 12.6. The minimum atomic E-state index is -0.440. The lowest BCUT2D eigenvalue weighted by molar-refractivity contribution is -0.134. The number of likely N-dealkylation sites (N-methyl/N-ethyl adjacent to an activating group) is 1. The van der Waals surface area contributed by atoms with Crippen LogP contribution in [-0.2, 0) is 17.8 Å². The first kappa shape index (κ1) is 32.9. The van der Waals surface area contributed by atoms with Gasteiger partial charge in [0, 0.05) is 48.6 Å². The Balaban J connectivity index is 1.17. The van der Waals surface area contributed by atoms with Crippen LogP contribution in [0.25, 0.3) is 11.1 Å². The Hall–Kier alpha value is -5.06. The van der Waals surface area contributed by atoms with Crippen LogP contribution in [0.2, 0.25) is 0 Å². The number of nitrogens with one attached hydrogen (secondary N) is 2. The molecule has 6 rings (SSSR count). The van der Waals surface area contributed by atoms with E-state index in [9.17, 15) is 14.7 Å². The molecule has 48 heavy (non-hydrogen) atoms. The SMILES string of the molecule is C[C@H](CO)N1C[C@H](C)[C@H](CN(C)Cc2ccc(-c3ccccc3)cc2)Oc2ccc(NC(=O)Nc3ccc4c(c3)OCO4)cc2CC1=O. The number of amides is 3. The van der Waals surface area contributed by atoms with E-state index < -0.39 is 6.03 Å².